The Morgan fingerprint density at radius 2 is 1.96 bits per heavy atom. The standard InChI is InChI=1S/C16H8F5NOS/c17-9-3-8(7-22)4-10(5-9)23-12-1-2-13-11(14(12)15(18)19)6-16(20,21)24-13/h1-5,15H,6H2. The number of rotatable bonds is 3. The van der Waals surface area contributed by atoms with Crippen LogP contribution < -0.4 is 4.74 Å². The van der Waals surface area contributed by atoms with Crippen LogP contribution in [0.5, 0.6) is 11.5 Å². The molecule has 0 N–H and O–H groups in total. The summed E-state index contributed by atoms with van der Waals surface area (Å²) < 4.78 is 72.4. The molecule has 0 saturated heterocycles. The monoisotopic (exact) mass is 357 g/mol. The van der Waals surface area contributed by atoms with E-state index in [-0.39, 0.29) is 39.3 Å². The topological polar surface area (TPSA) is 33.0 Å². The van der Waals surface area contributed by atoms with Crippen molar-refractivity contribution in [3.05, 3.63) is 52.8 Å². The molecule has 0 saturated carbocycles. The molecule has 0 bridgehead atoms. The molecule has 2 nitrogen and oxygen atoms in total. The number of hydrogen-bond acceptors (Lipinski definition) is 3. The maximum atomic E-state index is 13.5. The van der Waals surface area contributed by atoms with Crippen molar-refractivity contribution in [1.82, 2.24) is 0 Å². The number of halogens is 5. The zero-order valence-corrected chi connectivity index (χ0v) is 12.6. The quantitative estimate of drug-likeness (QED) is 0.664. The highest BCUT2D eigenvalue weighted by molar-refractivity contribution is 8.00. The summed E-state index contributed by atoms with van der Waals surface area (Å²) in [4.78, 5) is 0.0691. The van der Waals surface area contributed by atoms with Crippen LogP contribution >= 0.6 is 11.8 Å². The third kappa shape index (κ3) is 3.17. The summed E-state index contributed by atoms with van der Waals surface area (Å²) in [6.07, 6.45) is -3.86. The zero-order chi connectivity index (χ0) is 17.5. The second kappa shape index (κ2) is 5.98. The lowest BCUT2D eigenvalue weighted by Crippen LogP contribution is -2.08. The Bertz CT molecular complexity index is 847. The van der Waals surface area contributed by atoms with Crippen molar-refractivity contribution in [1.29, 1.82) is 5.26 Å². The van der Waals surface area contributed by atoms with E-state index in [0.717, 1.165) is 18.2 Å². The van der Waals surface area contributed by atoms with Crippen LogP contribution in [0.4, 0.5) is 22.0 Å². The minimum Gasteiger partial charge on any atom is -0.457 e. The predicted molar refractivity (Wildman–Crippen MR) is 77.1 cm³/mol. The molecule has 0 spiro atoms. The largest absolute Gasteiger partial charge is 0.457 e. The van der Waals surface area contributed by atoms with E-state index >= 15 is 0 Å². The Morgan fingerprint density at radius 3 is 2.62 bits per heavy atom. The lowest BCUT2D eigenvalue weighted by atomic mass is 10.0. The highest BCUT2D eigenvalue weighted by atomic mass is 32.2. The van der Waals surface area contributed by atoms with Gasteiger partial charge in [0.25, 0.3) is 6.43 Å². The van der Waals surface area contributed by atoms with E-state index in [2.05, 4.69) is 0 Å². The van der Waals surface area contributed by atoms with Gasteiger partial charge in [0.15, 0.2) is 0 Å². The van der Waals surface area contributed by atoms with E-state index in [4.69, 9.17) is 10.00 Å². The SMILES string of the molecule is N#Cc1cc(F)cc(Oc2ccc3c(c2C(F)F)CC(F)(F)S3)c1. The lowest BCUT2D eigenvalue weighted by molar-refractivity contribution is 0.108. The number of alkyl halides is 4. The van der Waals surface area contributed by atoms with E-state index in [1.54, 1.807) is 6.07 Å². The number of nitrogens with zero attached hydrogens (tertiary/aromatic N) is 1. The third-order valence-corrected chi connectivity index (χ3v) is 4.41. The normalized spacial score (nSPS) is 15.2. The fraction of sp³-hybridized carbons (Fsp3) is 0.188. The Labute approximate surface area is 137 Å². The van der Waals surface area contributed by atoms with Gasteiger partial charge in [-0.05, 0) is 29.8 Å². The fourth-order valence-electron chi connectivity index (χ4n) is 2.45. The van der Waals surface area contributed by atoms with Crippen LogP contribution in [0.15, 0.2) is 35.2 Å². The second-order valence-corrected chi connectivity index (χ2v) is 6.30. The molecule has 0 aliphatic carbocycles. The molecule has 2 aromatic rings. The van der Waals surface area contributed by atoms with Crippen molar-refractivity contribution < 1.29 is 26.7 Å². The first kappa shape index (κ1) is 16.6. The Hall–Kier alpha value is -2.27. The summed E-state index contributed by atoms with van der Waals surface area (Å²) in [5, 5.41) is 5.65. The summed E-state index contributed by atoms with van der Waals surface area (Å²) in [5.41, 5.74) is -0.860. The molecule has 0 unspecified atom stereocenters. The number of hydrogen-bond donors (Lipinski definition) is 0. The summed E-state index contributed by atoms with van der Waals surface area (Å²) in [7, 11) is 0. The summed E-state index contributed by atoms with van der Waals surface area (Å²) in [5.74, 6) is -1.27. The summed E-state index contributed by atoms with van der Waals surface area (Å²) in [6.45, 7) is 0. The molecule has 8 heteroatoms. The summed E-state index contributed by atoms with van der Waals surface area (Å²) in [6, 6.07) is 7.19. The highest BCUT2D eigenvalue weighted by Crippen LogP contribution is 2.52. The minimum atomic E-state index is -3.16. The van der Waals surface area contributed by atoms with Crippen LogP contribution in [0.2, 0.25) is 0 Å². The molecule has 24 heavy (non-hydrogen) atoms. The molecule has 0 amide bonds. The van der Waals surface area contributed by atoms with Crippen molar-refractivity contribution in [2.45, 2.75) is 23.0 Å². The number of thioether (sulfide) groups is 1. The average Bonchev–Trinajstić information content (AvgIpc) is 2.79. The van der Waals surface area contributed by atoms with Crippen molar-refractivity contribution in [3.8, 4) is 17.6 Å². The maximum Gasteiger partial charge on any atom is 0.302 e. The van der Waals surface area contributed by atoms with Crippen LogP contribution in [0.25, 0.3) is 0 Å². The fourth-order valence-corrected chi connectivity index (χ4v) is 3.42. The first-order valence-corrected chi connectivity index (χ1v) is 7.50. The smallest absolute Gasteiger partial charge is 0.302 e. The first-order valence-electron chi connectivity index (χ1n) is 6.68. The van der Waals surface area contributed by atoms with Gasteiger partial charge >= 0.3 is 5.25 Å². The molecule has 3 rings (SSSR count). The van der Waals surface area contributed by atoms with Gasteiger partial charge in [-0.3, -0.25) is 0 Å². The van der Waals surface area contributed by atoms with E-state index in [0.29, 0.717) is 0 Å². The number of benzene rings is 2. The predicted octanol–water partition coefficient (Wildman–Crippen LogP) is 5.67. The molecular weight excluding hydrogens is 349 g/mol. The Kier molecular flexibility index (Phi) is 4.13. The van der Waals surface area contributed by atoms with Crippen LogP contribution in [0.1, 0.15) is 23.1 Å². The molecule has 2 aromatic carbocycles. The molecule has 1 aliphatic heterocycles. The van der Waals surface area contributed by atoms with Crippen molar-refractivity contribution in [2.75, 3.05) is 0 Å². The molecule has 0 aromatic heterocycles. The number of ether oxygens (including phenoxy) is 1. The molecule has 0 fully saturated rings. The molecule has 1 heterocycles. The maximum absolute atomic E-state index is 13.5. The van der Waals surface area contributed by atoms with Gasteiger partial charge in [0.2, 0.25) is 0 Å². The Morgan fingerprint density at radius 1 is 1.21 bits per heavy atom. The van der Waals surface area contributed by atoms with Crippen molar-refractivity contribution in [2.24, 2.45) is 0 Å². The van der Waals surface area contributed by atoms with Crippen LogP contribution in [-0.2, 0) is 6.42 Å². The van der Waals surface area contributed by atoms with Crippen LogP contribution in [-0.4, -0.2) is 5.25 Å². The first-order chi connectivity index (χ1) is 11.3. The van der Waals surface area contributed by atoms with Gasteiger partial charge in [-0.25, -0.2) is 13.2 Å². The van der Waals surface area contributed by atoms with Gasteiger partial charge in [0.05, 0.1) is 17.2 Å². The van der Waals surface area contributed by atoms with Gasteiger partial charge < -0.3 is 4.74 Å². The molecule has 124 valence electrons. The number of nitriles is 1. The number of fused-ring (bicyclic) bond motifs is 1. The van der Waals surface area contributed by atoms with Gasteiger partial charge in [-0.2, -0.15) is 14.0 Å². The highest BCUT2D eigenvalue weighted by Gasteiger charge is 2.42. The van der Waals surface area contributed by atoms with Crippen LogP contribution in [0, 0.1) is 17.1 Å². The zero-order valence-electron chi connectivity index (χ0n) is 11.8. The molecule has 0 atom stereocenters. The van der Waals surface area contributed by atoms with E-state index in [9.17, 15) is 22.0 Å². The average molecular weight is 357 g/mol. The summed E-state index contributed by atoms with van der Waals surface area (Å²) >= 11 is 0.223. The van der Waals surface area contributed by atoms with Gasteiger partial charge in [0, 0.05) is 17.4 Å². The molecule has 1 aliphatic rings. The molecular formula is C16H8F5NOS. The van der Waals surface area contributed by atoms with E-state index < -0.39 is 29.5 Å². The van der Waals surface area contributed by atoms with Gasteiger partial charge in [-0.1, -0.05) is 11.8 Å². The Balaban J connectivity index is 2.04. The van der Waals surface area contributed by atoms with Gasteiger partial charge in [0.1, 0.15) is 17.3 Å². The molecule has 0 radical (unpaired) electrons. The minimum absolute atomic E-state index is 0.0492. The van der Waals surface area contributed by atoms with E-state index in [1.165, 1.54) is 12.1 Å². The van der Waals surface area contributed by atoms with Crippen molar-refractivity contribution >= 4 is 11.8 Å². The third-order valence-electron chi connectivity index (χ3n) is 3.36. The van der Waals surface area contributed by atoms with Crippen LogP contribution in [0.3, 0.4) is 0 Å². The second-order valence-electron chi connectivity index (χ2n) is 5.06. The lowest BCUT2D eigenvalue weighted by Gasteiger charge is -2.14. The van der Waals surface area contributed by atoms with Crippen molar-refractivity contribution in [3.63, 3.8) is 0 Å². The van der Waals surface area contributed by atoms with E-state index in [1.807, 2.05) is 0 Å². The van der Waals surface area contributed by atoms with Gasteiger partial charge in [-0.15, -0.1) is 0 Å².